The Bertz CT molecular complexity index is 1170. The van der Waals surface area contributed by atoms with Crippen LogP contribution in [0, 0.1) is 5.82 Å². The molecule has 2 amide bonds. The van der Waals surface area contributed by atoms with E-state index in [1.807, 2.05) is 36.5 Å². The van der Waals surface area contributed by atoms with E-state index in [1.54, 1.807) is 33.6 Å². The molecule has 0 aliphatic rings. The van der Waals surface area contributed by atoms with Gasteiger partial charge in [0, 0.05) is 34.8 Å². The van der Waals surface area contributed by atoms with Gasteiger partial charge in [0.05, 0.1) is 17.9 Å². The number of carbonyl (C=O) groups excluding carboxylic acids is 2. The molecule has 0 fully saturated rings. The molecule has 2 aromatic heterocycles. The number of hydrogen-bond donors (Lipinski definition) is 2. The molecule has 8 heteroatoms. The highest BCUT2D eigenvalue weighted by molar-refractivity contribution is 7.08. The number of benzene rings is 2. The second-order valence-corrected chi connectivity index (χ2v) is 7.54. The maximum absolute atomic E-state index is 13.4. The molecule has 2 N–H and O–H groups in total. The fourth-order valence-corrected chi connectivity index (χ4v) is 3.65. The molecule has 31 heavy (non-hydrogen) atoms. The van der Waals surface area contributed by atoms with Crippen LogP contribution in [0.25, 0.3) is 16.9 Å². The van der Waals surface area contributed by atoms with Gasteiger partial charge in [-0.15, -0.1) is 0 Å². The summed E-state index contributed by atoms with van der Waals surface area (Å²) in [6.07, 6.45) is 1.83. The predicted molar refractivity (Wildman–Crippen MR) is 117 cm³/mol. The standard InChI is InChI=1S/C23H19FN4O2S/c24-19-8-6-16(7-9-19)22-18(14-28(27-22)20-4-2-1-3-5-20)12-25-21(29)13-26-23(30)17-10-11-31-15-17/h1-11,14-15H,12-13H2,(H,25,29)(H,26,30). The van der Waals surface area contributed by atoms with Gasteiger partial charge in [-0.25, -0.2) is 9.07 Å². The summed E-state index contributed by atoms with van der Waals surface area (Å²) in [6.45, 7) is 0.0834. The number of halogens is 1. The lowest BCUT2D eigenvalue weighted by molar-refractivity contribution is -0.120. The Hall–Kier alpha value is -3.78. The molecule has 4 rings (SSSR count). The SMILES string of the molecule is O=C(CNC(=O)c1ccsc1)NCc1cn(-c2ccccc2)nc1-c1ccc(F)cc1. The van der Waals surface area contributed by atoms with Crippen LogP contribution in [-0.2, 0) is 11.3 Å². The molecule has 156 valence electrons. The van der Waals surface area contributed by atoms with Gasteiger partial charge in [0.2, 0.25) is 5.91 Å². The van der Waals surface area contributed by atoms with Crippen molar-refractivity contribution in [2.24, 2.45) is 0 Å². The molecule has 0 radical (unpaired) electrons. The Morgan fingerprint density at radius 3 is 2.48 bits per heavy atom. The van der Waals surface area contributed by atoms with Crippen LogP contribution in [0.3, 0.4) is 0 Å². The zero-order valence-electron chi connectivity index (χ0n) is 16.4. The minimum atomic E-state index is -0.331. The third kappa shape index (κ3) is 5.04. The number of nitrogens with one attached hydrogen (secondary N) is 2. The van der Waals surface area contributed by atoms with Gasteiger partial charge >= 0.3 is 0 Å². The lowest BCUT2D eigenvalue weighted by Gasteiger charge is -2.07. The highest BCUT2D eigenvalue weighted by Crippen LogP contribution is 2.24. The lowest BCUT2D eigenvalue weighted by atomic mass is 10.1. The molecule has 2 aromatic carbocycles. The van der Waals surface area contributed by atoms with Gasteiger partial charge < -0.3 is 10.6 Å². The molecule has 0 aliphatic heterocycles. The lowest BCUT2D eigenvalue weighted by Crippen LogP contribution is -2.36. The number of aromatic nitrogens is 2. The summed E-state index contributed by atoms with van der Waals surface area (Å²) in [4.78, 5) is 24.2. The Kier molecular flexibility index (Phi) is 6.18. The van der Waals surface area contributed by atoms with Crippen LogP contribution in [0.15, 0.2) is 77.6 Å². The summed E-state index contributed by atoms with van der Waals surface area (Å²) < 4.78 is 15.1. The Morgan fingerprint density at radius 2 is 1.77 bits per heavy atom. The smallest absolute Gasteiger partial charge is 0.252 e. The average Bonchev–Trinajstić information content (AvgIpc) is 3.48. The third-order valence-electron chi connectivity index (χ3n) is 4.60. The van der Waals surface area contributed by atoms with E-state index in [4.69, 9.17) is 0 Å². The predicted octanol–water partition coefficient (Wildman–Crippen LogP) is 3.79. The van der Waals surface area contributed by atoms with Crippen LogP contribution >= 0.6 is 11.3 Å². The summed E-state index contributed by atoms with van der Waals surface area (Å²) in [5.41, 5.74) is 3.55. The van der Waals surface area contributed by atoms with Crippen LogP contribution in [0.5, 0.6) is 0 Å². The summed E-state index contributed by atoms with van der Waals surface area (Å²) >= 11 is 1.42. The molecule has 4 aromatic rings. The molecule has 0 saturated carbocycles. The van der Waals surface area contributed by atoms with Crippen molar-refractivity contribution in [2.75, 3.05) is 6.54 Å². The van der Waals surface area contributed by atoms with E-state index in [1.165, 1.54) is 23.5 Å². The van der Waals surface area contributed by atoms with E-state index >= 15 is 0 Å². The molecule has 6 nitrogen and oxygen atoms in total. The van der Waals surface area contributed by atoms with Crippen molar-refractivity contribution in [3.05, 3.63) is 94.6 Å². The van der Waals surface area contributed by atoms with Crippen molar-refractivity contribution >= 4 is 23.2 Å². The van der Waals surface area contributed by atoms with Crippen molar-refractivity contribution in [3.8, 4) is 16.9 Å². The van der Waals surface area contributed by atoms with Gasteiger partial charge in [0.25, 0.3) is 5.91 Å². The van der Waals surface area contributed by atoms with Crippen molar-refractivity contribution < 1.29 is 14.0 Å². The minimum absolute atomic E-state index is 0.132. The minimum Gasteiger partial charge on any atom is -0.350 e. The number of thiophene rings is 1. The van der Waals surface area contributed by atoms with Crippen molar-refractivity contribution in [3.63, 3.8) is 0 Å². The fourth-order valence-electron chi connectivity index (χ4n) is 3.02. The first-order chi connectivity index (χ1) is 15.1. The normalized spacial score (nSPS) is 10.6. The highest BCUT2D eigenvalue weighted by atomic mass is 32.1. The molecular weight excluding hydrogens is 415 g/mol. The van der Waals surface area contributed by atoms with Crippen LogP contribution in [0.2, 0.25) is 0 Å². The van der Waals surface area contributed by atoms with E-state index in [2.05, 4.69) is 15.7 Å². The largest absolute Gasteiger partial charge is 0.350 e. The maximum Gasteiger partial charge on any atom is 0.252 e. The molecular formula is C23H19FN4O2S. The number of rotatable bonds is 7. The molecule has 0 saturated heterocycles. The Balaban J connectivity index is 1.48. The van der Waals surface area contributed by atoms with Gasteiger partial charge in [-0.05, 0) is 47.8 Å². The first-order valence-electron chi connectivity index (χ1n) is 9.57. The topological polar surface area (TPSA) is 76.0 Å². The fraction of sp³-hybridized carbons (Fsp3) is 0.0870. The first kappa shape index (κ1) is 20.5. The van der Waals surface area contributed by atoms with Crippen LogP contribution < -0.4 is 10.6 Å². The first-order valence-corrected chi connectivity index (χ1v) is 10.5. The number of amides is 2. The van der Waals surface area contributed by atoms with Gasteiger partial charge in [0.1, 0.15) is 5.82 Å². The molecule has 0 aliphatic carbocycles. The van der Waals surface area contributed by atoms with Crippen LogP contribution in [0.4, 0.5) is 4.39 Å². The van der Waals surface area contributed by atoms with E-state index in [0.29, 0.717) is 11.3 Å². The van der Waals surface area contributed by atoms with Crippen molar-refractivity contribution in [2.45, 2.75) is 6.54 Å². The van der Waals surface area contributed by atoms with Gasteiger partial charge in [-0.3, -0.25) is 9.59 Å². The van der Waals surface area contributed by atoms with Crippen LogP contribution in [0.1, 0.15) is 15.9 Å². The van der Waals surface area contributed by atoms with Gasteiger partial charge in [0.15, 0.2) is 0 Å². The number of nitrogens with zero attached hydrogens (tertiary/aromatic N) is 2. The summed E-state index contributed by atoms with van der Waals surface area (Å²) in [5, 5.41) is 13.6. The molecule has 2 heterocycles. The van der Waals surface area contributed by atoms with E-state index in [-0.39, 0.29) is 30.7 Å². The monoisotopic (exact) mass is 434 g/mol. The summed E-state index contributed by atoms with van der Waals surface area (Å²) in [6, 6.07) is 17.3. The van der Waals surface area contributed by atoms with Crippen LogP contribution in [-0.4, -0.2) is 28.1 Å². The second-order valence-electron chi connectivity index (χ2n) is 6.76. The maximum atomic E-state index is 13.4. The van der Waals surface area contributed by atoms with Gasteiger partial charge in [-0.1, -0.05) is 18.2 Å². The second kappa shape index (κ2) is 9.36. The number of carbonyl (C=O) groups is 2. The van der Waals surface area contributed by atoms with E-state index in [0.717, 1.165) is 16.8 Å². The van der Waals surface area contributed by atoms with E-state index in [9.17, 15) is 14.0 Å². The van der Waals surface area contributed by atoms with Crippen molar-refractivity contribution in [1.29, 1.82) is 0 Å². The quantitative estimate of drug-likeness (QED) is 0.465. The number of para-hydroxylation sites is 1. The summed E-state index contributed by atoms with van der Waals surface area (Å²) in [7, 11) is 0. The zero-order chi connectivity index (χ0) is 21.6. The average molecular weight is 434 g/mol. The molecule has 0 atom stereocenters. The molecule has 0 unspecified atom stereocenters. The third-order valence-corrected chi connectivity index (χ3v) is 5.28. The zero-order valence-corrected chi connectivity index (χ0v) is 17.2. The van der Waals surface area contributed by atoms with Gasteiger partial charge in [-0.2, -0.15) is 16.4 Å². The Labute approximate surface area is 182 Å². The van der Waals surface area contributed by atoms with E-state index < -0.39 is 0 Å². The highest BCUT2D eigenvalue weighted by Gasteiger charge is 2.14. The summed E-state index contributed by atoms with van der Waals surface area (Å²) in [5.74, 6) is -0.941. The van der Waals surface area contributed by atoms with Crippen molar-refractivity contribution in [1.82, 2.24) is 20.4 Å². The molecule has 0 spiro atoms. The molecule has 0 bridgehead atoms. The Morgan fingerprint density at radius 1 is 1.00 bits per heavy atom. The number of hydrogen-bond acceptors (Lipinski definition) is 4.